The van der Waals surface area contributed by atoms with E-state index in [1.54, 1.807) is 31.4 Å². The summed E-state index contributed by atoms with van der Waals surface area (Å²) in [5, 5.41) is 7.81. The van der Waals surface area contributed by atoms with Crippen molar-refractivity contribution in [3.63, 3.8) is 0 Å². The number of rotatable bonds is 4. The number of benzene rings is 1. The van der Waals surface area contributed by atoms with Gasteiger partial charge < -0.3 is 15.2 Å². The van der Waals surface area contributed by atoms with Crippen molar-refractivity contribution in [3.05, 3.63) is 42.1 Å². The van der Waals surface area contributed by atoms with E-state index >= 15 is 0 Å². The van der Waals surface area contributed by atoms with Crippen LogP contribution in [0.4, 0.5) is 0 Å². The molecule has 1 heterocycles. The molecule has 0 fully saturated rings. The molecule has 0 aliphatic heterocycles. The predicted octanol–water partition coefficient (Wildman–Crippen LogP) is 1.74. The Labute approximate surface area is 99.2 Å². The molecule has 0 unspecified atom stereocenters. The van der Waals surface area contributed by atoms with Crippen molar-refractivity contribution < 1.29 is 9.47 Å². The average molecular weight is 231 g/mol. The minimum atomic E-state index is 0.371. The van der Waals surface area contributed by atoms with Gasteiger partial charge in [-0.1, -0.05) is 0 Å². The SMILES string of the molecule is COc1ccc(Oc2ccc(CN)nn2)cc1. The third kappa shape index (κ3) is 2.92. The molecule has 0 saturated carbocycles. The molecule has 0 radical (unpaired) electrons. The van der Waals surface area contributed by atoms with Crippen LogP contribution in [0.1, 0.15) is 5.69 Å². The molecule has 0 amide bonds. The van der Waals surface area contributed by atoms with Gasteiger partial charge in [-0.3, -0.25) is 0 Å². The molecule has 0 aliphatic carbocycles. The number of nitrogens with two attached hydrogens (primary N) is 1. The van der Waals surface area contributed by atoms with Crippen molar-refractivity contribution in [2.24, 2.45) is 5.73 Å². The quantitative estimate of drug-likeness (QED) is 0.867. The second-order valence-electron chi connectivity index (χ2n) is 3.34. The van der Waals surface area contributed by atoms with E-state index in [1.807, 2.05) is 12.1 Å². The summed E-state index contributed by atoms with van der Waals surface area (Å²) in [5.74, 6) is 1.90. The third-order valence-corrected chi connectivity index (χ3v) is 2.19. The van der Waals surface area contributed by atoms with E-state index in [1.165, 1.54) is 0 Å². The molecule has 0 atom stereocenters. The summed E-state index contributed by atoms with van der Waals surface area (Å²) in [6.45, 7) is 0.371. The molecule has 2 rings (SSSR count). The van der Waals surface area contributed by atoms with E-state index in [9.17, 15) is 0 Å². The van der Waals surface area contributed by atoms with E-state index < -0.39 is 0 Å². The first-order valence-electron chi connectivity index (χ1n) is 5.16. The van der Waals surface area contributed by atoms with E-state index in [-0.39, 0.29) is 0 Å². The zero-order valence-electron chi connectivity index (χ0n) is 9.46. The summed E-state index contributed by atoms with van der Waals surface area (Å²) >= 11 is 0. The molecular weight excluding hydrogens is 218 g/mol. The standard InChI is InChI=1S/C12H13N3O2/c1-16-10-3-5-11(6-4-10)17-12-7-2-9(8-13)14-15-12/h2-7H,8,13H2,1H3. The molecule has 0 aliphatic rings. The van der Waals surface area contributed by atoms with Gasteiger partial charge in [-0.05, 0) is 30.3 Å². The summed E-state index contributed by atoms with van der Waals surface area (Å²) in [6.07, 6.45) is 0. The Morgan fingerprint density at radius 2 is 1.71 bits per heavy atom. The molecule has 0 bridgehead atoms. The average Bonchev–Trinajstić information content (AvgIpc) is 2.40. The van der Waals surface area contributed by atoms with Gasteiger partial charge in [-0.15, -0.1) is 5.10 Å². The minimum absolute atomic E-state index is 0.371. The van der Waals surface area contributed by atoms with Crippen LogP contribution in [0.2, 0.25) is 0 Å². The van der Waals surface area contributed by atoms with Crippen molar-refractivity contribution in [2.45, 2.75) is 6.54 Å². The van der Waals surface area contributed by atoms with Crippen molar-refractivity contribution in [1.82, 2.24) is 10.2 Å². The van der Waals surface area contributed by atoms with Gasteiger partial charge in [0.2, 0.25) is 5.88 Å². The predicted molar refractivity (Wildman–Crippen MR) is 63.0 cm³/mol. The topological polar surface area (TPSA) is 70.3 Å². The van der Waals surface area contributed by atoms with Gasteiger partial charge in [0.1, 0.15) is 11.5 Å². The molecule has 5 heteroatoms. The van der Waals surface area contributed by atoms with Crippen molar-refractivity contribution in [2.75, 3.05) is 7.11 Å². The minimum Gasteiger partial charge on any atom is -0.497 e. The monoisotopic (exact) mass is 231 g/mol. The second-order valence-corrected chi connectivity index (χ2v) is 3.34. The van der Waals surface area contributed by atoms with Gasteiger partial charge in [0.25, 0.3) is 0 Å². The highest BCUT2D eigenvalue weighted by atomic mass is 16.5. The second kappa shape index (κ2) is 5.27. The van der Waals surface area contributed by atoms with Crippen LogP contribution in [-0.4, -0.2) is 17.3 Å². The zero-order chi connectivity index (χ0) is 12.1. The van der Waals surface area contributed by atoms with Crippen molar-refractivity contribution in [3.8, 4) is 17.4 Å². The maximum Gasteiger partial charge on any atom is 0.238 e. The summed E-state index contributed by atoms with van der Waals surface area (Å²) in [6, 6.07) is 10.8. The number of hydrogen-bond acceptors (Lipinski definition) is 5. The molecule has 2 N–H and O–H groups in total. The van der Waals surface area contributed by atoms with Crippen molar-refractivity contribution in [1.29, 1.82) is 0 Å². The Kier molecular flexibility index (Phi) is 3.52. The molecule has 88 valence electrons. The smallest absolute Gasteiger partial charge is 0.238 e. The largest absolute Gasteiger partial charge is 0.497 e. The van der Waals surface area contributed by atoms with Gasteiger partial charge in [-0.2, -0.15) is 5.10 Å². The fraction of sp³-hybridized carbons (Fsp3) is 0.167. The zero-order valence-corrected chi connectivity index (χ0v) is 9.46. The normalized spacial score (nSPS) is 10.0. The molecule has 5 nitrogen and oxygen atoms in total. The molecule has 17 heavy (non-hydrogen) atoms. The van der Waals surface area contributed by atoms with E-state index in [0.717, 1.165) is 11.4 Å². The van der Waals surface area contributed by atoms with Gasteiger partial charge in [0.15, 0.2) is 0 Å². The maximum atomic E-state index is 5.51. The van der Waals surface area contributed by atoms with Crippen LogP contribution >= 0.6 is 0 Å². The van der Waals surface area contributed by atoms with Crippen LogP contribution < -0.4 is 15.2 Å². The van der Waals surface area contributed by atoms with Crippen LogP contribution in [-0.2, 0) is 6.54 Å². The van der Waals surface area contributed by atoms with E-state index in [0.29, 0.717) is 18.2 Å². The number of hydrogen-bond donors (Lipinski definition) is 1. The Balaban J connectivity index is 2.08. The lowest BCUT2D eigenvalue weighted by atomic mass is 10.3. The van der Waals surface area contributed by atoms with Gasteiger partial charge in [0, 0.05) is 12.6 Å². The van der Waals surface area contributed by atoms with Crippen LogP contribution in [0, 0.1) is 0 Å². The number of nitrogens with zero attached hydrogens (tertiary/aromatic N) is 2. The molecule has 0 spiro atoms. The number of ether oxygens (including phenoxy) is 2. The highest BCUT2D eigenvalue weighted by Gasteiger charge is 2.00. The third-order valence-electron chi connectivity index (χ3n) is 2.19. The fourth-order valence-corrected chi connectivity index (χ4v) is 1.28. The molecule has 1 aromatic carbocycles. The first-order chi connectivity index (χ1) is 8.31. The Morgan fingerprint density at radius 1 is 1.00 bits per heavy atom. The highest BCUT2D eigenvalue weighted by Crippen LogP contribution is 2.21. The lowest BCUT2D eigenvalue weighted by Crippen LogP contribution is -2.01. The lowest BCUT2D eigenvalue weighted by Gasteiger charge is -2.05. The van der Waals surface area contributed by atoms with Crippen molar-refractivity contribution >= 4 is 0 Å². The maximum absolute atomic E-state index is 5.51. The van der Waals surface area contributed by atoms with E-state index in [2.05, 4.69) is 10.2 Å². The first-order valence-corrected chi connectivity index (χ1v) is 5.16. The van der Waals surface area contributed by atoms with Gasteiger partial charge in [0.05, 0.1) is 12.8 Å². The summed E-state index contributed by atoms with van der Waals surface area (Å²) in [5.41, 5.74) is 6.16. The molecular formula is C12H13N3O2. The highest BCUT2D eigenvalue weighted by molar-refractivity contribution is 5.33. The lowest BCUT2D eigenvalue weighted by molar-refractivity contribution is 0.411. The molecule has 0 saturated heterocycles. The summed E-state index contributed by atoms with van der Waals surface area (Å²) in [7, 11) is 1.62. The summed E-state index contributed by atoms with van der Waals surface area (Å²) in [4.78, 5) is 0. The molecule has 1 aromatic heterocycles. The number of aromatic nitrogens is 2. The number of methoxy groups -OCH3 is 1. The molecule has 2 aromatic rings. The first kappa shape index (κ1) is 11.3. The Bertz CT molecular complexity index is 423. The van der Waals surface area contributed by atoms with Crippen LogP contribution in [0.3, 0.4) is 0 Å². The fourth-order valence-electron chi connectivity index (χ4n) is 1.28. The van der Waals surface area contributed by atoms with E-state index in [4.69, 9.17) is 15.2 Å². The van der Waals surface area contributed by atoms with Crippen LogP contribution in [0.15, 0.2) is 36.4 Å². The Hall–Kier alpha value is -2.14. The van der Waals surface area contributed by atoms with Gasteiger partial charge >= 0.3 is 0 Å². The van der Waals surface area contributed by atoms with Crippen LogP contribution in [0.25, 0.3) is 0 Å². The van der Waals surface area contributed by atoms with Gasteiger partial charge in [-0.25, -0.2) is 0 Å². The van der Waals surface area contributed by atoms with Crippen LogP contribution in [0.5, 0.6) is 17.4 Å². The Morgan fingerprint density at radius 3 is 2.24 bits per heavy atom. The summed E-state index contributed by atoms with van der Waals surface area (Å²) < 4.78 is 10.6.